The molecule has 0 saturated heterocycles. The van der Waals surface area contributed by atoms with Gasteiger partial charge in [-0.15, -0.1) is 0 Å². The molecule has 0 amide bonds. The first-order valence-corrected chi connectivity index (χ1v) is 4.66. The highest BCUT2D eigenvalue weighted by Gasteiger charge is 2.04. The van der Waals surface area contributed by atoms with Crippen molar-refractivity contribution in [1.82, 2.24) is 9.61 Å². The summed E-state index contributed by atoms with van der Waals surface area (Å²) in [5.74, 6) is 0. The van der Waals surface area contributed by atoms with Crippen molar-refractivity contribution in [3.05, 3.63) is 48.2 Å². The van der Waals surface area contributed by atoms with Crippen LogP contribution in [-0.2, 0) is 0 Å². The van der Waals surface area contributed by atoms with Crippen LogP contribution in [-0.4, -0.2) is 9.61 Å². The quantitative estimate of drug-likeness (QED) is 0.550. The normalized spacial score (nSPS) is 10.6. The van der Waals surface area contributed by atoms with Crippen molar-refractivity contribution in [2.45, 2.75) is 0 Å². The van der Waals surface area contributed by atoms with Crippen LogP contribution in [0.3, 0.4) is 0 Å². The zero-order valence-electron chi connectivity index (χ0n) is 7.88. The molecule has 0 aliphatic heterocycles. The van der Waals surface area contributed by atoms with Gasteiger partial charge in [0.25, 0.3) is 0 Å². The van der Waals surface area contributed by atoms with Gasteiger partial charge in [0.15, 0.2) is 0 Å². The molecule has 2 aromatic heterocycles. The van der Waals surface area contributed by atoms with Crippen molar-refractivity contribution in [2.24, 2.45) is 0 Å². The molecule has 3 aromatic rings. The summed E-state index contributed by atoms with van der Waals surface area (Å²) in [5.41, 5.74) is 2.62. The lowest BCUT2D eigenvalue weighted by Crippen LogP contribution is -1.82. The second kappa shape index (κ2) is 2.82. The molecule has 0 radical (unpaired) electrons. The third-order valence-corrected chi connectivity index (χ3v) is 2.46. The van der Waals surface area contributed by atoms with E-state index < -0.39 is 0 Å². The van der Waals surface area contributed by atoms with Crippen molar-refractivity contribution in [3.8, 4) is 6.07 Å². The average Bonchev–Trinajstić information content (AvgIpc) is 2.66. The van der Waals surface area contributed by atoms with Gasteiger partial charge in [-0.1, -0.05) is 6.07 Å². The third-order valence-electron chi connectivity index (χ3n) is 2.46. The van der Waals surface area contributed by atoms with E-state index in [0.717, 1.165) is 16.4 Å². The Morgan fingerprint density at radius 3 is 3.00 bits per heavy atom. The lowest BCUT2D eigenvalue weighted by atomic mass is 10.1. The minimum absolute atomic E-state index is 0.668. The van der Waals surface area contributed by atoms with E-state index in [-0.39, 0.29) is 0 Å². The Labute approximate surface area is 86.2 Å². The summed E-state index contributed by atoms with van der Waals surface area (Å²) in [6.07, 6.45) is 1.90. The predicted molar refractivity (Wildman–Crippen MR) is 57.4 cm³/mol. The number of nitriles is 1. The molecule has 70 valence electrons. The number of benzene rings is 1. The first kappa shape index (κ1) is 8.01. The molecule has 0 atom stereocenters. The van der Waals surface area contributed by atoms with Crippen LogP contribution >= 0.6 is 0 Å². The van der Waals surface area contributed by atoms with E-state index >= 15 is 0 Å². The molecule has 0 saturated carbocycles. The maximum atomic E-state index is 8.83. The van der Waals surface area contributed by atoms with E-state index in [4.69, 9.17) is 5.26 Å². The molecular weight excluding hydrogens is 186 g/mol. The summed E-state index contributed by atoms with van der Waals surface area (Å²) < 4.78 is 1.83. The van der Waals surface area contributed by atoms with Gasteiger partial charge < -0.3 is 0 Å². The van der Waals surface area contributed by atoms with Gasteiger partial charge in [0.05, 0.1) is 22.7 Å². The maximum Gasteiger partial charge on any atom is 0.0991 e. The zero-order valence-corrected chi connectivity index (χ0v) is 7.88. The molecule has 0 fully saturated rings. The lowest BCUT2D eigenvalue weighted by Gasteiger charge is -1.90. The summed E-state index contributed by atoms with van der Waals surface area (Å²) in [5, 5.41) is 14.3. The van der Waals surface area contributed by atoms with E-state index in [1.165, 1.54) is 0 Å². The zero-order chi connectivity index (χ0) is 10.3. The fraction of sp³-hybridized carbons (Fsp3) is 0. The number of hydrogen-bond donors (Lipinski definition) is 0. The molecule has 0 N–H and O–H groups in total. The van der Waals surface area contributed by atoms with Gasteiger partial charge in [-0.2, -0.15) is 10.4 Å². The third kappa shape index (κ3) is 1.09. The molecule has 2 heterocycles. The number of hydrogen-bond acceptors (Lipinski definition) is 2. The fourth-order valence-corrected chi connectivity index (χ4v) is 1.75. The monoisotopic (exact) mass is 193 g/mol. The van der Waals surface area contributed by atoms with Crippen LogP contribution in [0.1, 0.15) is 5.56 Å². The highest BCUT2D eigenvalue weighted by Crippen LogP contribution is 2.20. The van der Waals surface area contributed by atoms with E-state index in [1.807, 2.05) is 41.0 Å². The summed E-state index contributed by atoms with van der Waals surface area (Å²) in [6.45, 7) is 0. The van der Waals surface area contributed by atoms with E-state index in [9.17, 15) is 0 Å². The minimum atomic E-state index is 0.668. The van der Waals surface area contributed by atoms with Gasteiger partial charge in [0.1, 0.15) is 0 Å². The Morgan fingerprint density at radius 2 is 2.13 bits per heavy atom. The first-order chi connectivity index (χ1) is 7.38. The molecule has 0 unspecified atom stereocenters. The molecule has 1 aromatic carbocycles. The van der Waals surface area contributed by atoms with Crippen LogP contribution in [0.5, 0.6) is 0 Å². The number of nitrogens with zero attached hydrogens (tertiary/aromatic N) is 3. The molecule has 3 nitrogen and oxygen atoms in total. The molecule has 0 spiro atoms. The van der Waals surface area contributed by atoms with Crippen LogP contribution in [0.2, 0.25) is 0 Å². The van der Waals surface area contributed by atoms with Crippen molar-refractivity contribution < 1.29 is 0 Å². The summed E-state index contributed by atoms with van der Waals surface area (Å²) >= 11 is 0. The lowest BCUT2D eigenvalue weighted by molar-refractivity contribution is 0.982. The Bertz CT molecular complexity index is 689. The van der Waals surface area contributed by atoms with E-state index in [2.05, 4.69) is 11.2 Å². The highest BCUT2D eigenvalue weighted by atomic mass is 15.2. The van der Waals surface area contributed by atoms with Crippen LogP contribution in [0, 0.1) is 11.3 Å². The smallest absolute Gasteiger partial charge is 0.0991 e. The number of aromatic nitrogens is 2. The second-order valence-corrected chi connectivity index (χ2v) is 3.37. The predicted octanol–water partition coefficient (Wildman–Crippen LogP) is 2.36. The Balaban J connectivity index is 2.53. The van der Waals surface area contributed by atoms with Crippen LogP contribution in [0.4, 0.5) is 0 Å². The minimum Gasteiger partial charge on any atom is -0.240 e. The SMILES string of the molecule is N#Cc1ccc2nn3ccccc3c2c1. The van der Waals surface area contributed by atoms with Gasteiger partial charge >= 0.3 is 0 Å². The standard InChI is InChI=1S/C12H7N3/c13-8-9-4-5-11-10(7-9)12-3-1-2-6-15(12)14-11/h1-7H. The Morgan fingerprint density at radius 1 is 1.20 bits per heavy atom. The summed E-state index contributed by atoms with van der Waals surface area (Å²) in [7, 11) is 0. The fourth-order valence-electron chi connectivity index (χ4n) is 1.75. The molecule has 0 bridgehead atoms. The van der Waals surface area contributed by atoms with Gasteiger partial charge in [-0.3, -0.25) is 0 Å². The molecular formula is C12H7N3. The highest BCUT2D eigenvalue weighted by molar-refractivity contribution is 5.94. The van der Waals surface area contributed by atoms with E-state index in [0.29, 0.717) is 5.56 Å². The van der Waals surface area contributed by atoms with Crippen molar-refractivity contribution in [3.63, 3.8) is 0 Å². The van der Waals surface area contributed by atoms with Gasteiger partial charge in [-0.05, 0) is 30.3 Å². The largest absolute Gasteiger partial charge is 0.240 e. The van der Waals surface area contributed by atoms with Gasteiger partial charge in [0, 0.05) is 11.6 Å². The second-order valence-electron chi connectivity index (χ2n) is 3.37. The first-order valence-electron chi connectivity index (χ1n) is 4.66. The van der Waals surface area contributed by atoms with Gasteiger partial charge in [0.2, 0.25) is 0 Å². The topological polar surface area (TPSA) is 41.1 Å². The number of rotatable bonds is 0. The Hall–Kier alpha value is -2.34. The summed E-state index contributed by atoms with van der Waals surface area (Å²) in [6, 6.07) is 13.6. The van der Waals surface area contributed by atoms with Crippen LogP contribution in [0.25, 0.3) is 16.4 Å². The number of pyridine rings is 1. The summed E-state index contributed by atoms with van der Waals surface area (Å²) in [4.78, 5) is 0. The van der Waals surface area contributed by atoms with Crippen LogP contribution < -0.4 is 0 Å². The molecule has 0 aliphatic rings. The molecule has 3 rings (SSSR count). The molecule has 0 aliphatic carbocycles. The Kier molecular flexibility index (Phi) is 1.51. The average molecular weight is 193 g/mol. The van der Waals surface area contributed by atoms with E-state index in [1.54, 1.807) is 6.07 Å². The van der Waals surface area contributed by atoms with Crippen LogP contribution in [0.15, 0.2) is 42.6 Å². The van der Waals surface area contributed by atoms with Crippen molar-refractivity contribution >= 4 is 16.4 Å². The maximum absolute atomic E-state index is 8.83. The molecule has 15 heavy (non-hydrogen) atoms. The van der Waals surface area contributed by atoms with Crippen molar-refractivity contribution in [2.75, 3.05) is 0 Å². The van der Waals surface area contributed by atoms with Crippen molar-refractivity contribution in [1.29, 1.82) is 5.26 Å². The number of fused-ring (bicyclic) bond motifs is 3. The van der Waals surface area contributed by atoms with Gasteiger partial charge in [-0.25, -0.2) is 4.52 Å². The molecule has 3 heteroatoms.